The highest BCUT2D eigenvalue weighted by Gasteiger charge is 2.40. The van der Waals surface area contributed by atoms with Crippen molar-refractivity contribution in [1.82, 2.24) is 14.1 Å². The molecule has 4 rings (SSSR count). The molecule has 1 amide bonds. The van der Waals surface area contributed by atoms with Crippen LogP contribution in [0.4, 0.5) is 23.2 Å². The summed E-state index contributed by atoms with van der Waals surface area (Å²) in [7, 11) is -4.25. The van der Waals surface area contributed by atoms with Gasteiger partial charge in [-0.3, -0.25) is 4.79 Å². The van der Waals surface area contributed by atoms with Crippen molar-refractivity contribution in [2.75, 3.05) is 31.6 Å². The molecule has 1 aliphatic rings. The SMILES string of the molecule is O=C(Nc1ccc(F)c(S(=O)(=O)N2CCOCC2)c1)c1cnn(-c2ccccc2)c1C(F)(F)F. The van der Waals surface area contributed by atoms with Gasteiger partial charge >= 0.3 is 6.18 Å². The Kier molecular flexibility index (Phi) is 6.43. The van der Waals surface area contributed by atoms with Crippen LogP contribution in [0.1, 0.15) is 16.1 Å². The maximum atomic E-state index is 14.4. The van der Waals surface area contributed by atoms with E-state index in [9.17, 15) is 30.8 Å². The summed E-state index contributed by atoms with van der Waals surface area (Å²) in [6.07, 6.45) is -4.16. The number of carbonyl (C=O) groups is 1. The number of aromatic nitrogens is 2. The first-order valence-corrected chi connectivity index (χ1v) is 11.4. The predicted molar refractivity (Wildman–Crippen MR) is 112 cm³/mol. The van der Waals surface area contributed by atoms with Crippen molar-refractivity contribution < 1.29 is 35.5 Å². The number of para-hydroxylation sites is 1. The second kappa shape index (κ2) is 9.16. The Bertz CT molecular complexity index is 1300. The predicted octanol–water partition coefficient (Wildman–Crippen LogP) is 3.30. The van der Waals surface area contributed by atoms with Gasteiger partial charge in [-0.25, -0.2) is 17.5 Å². The molecule has 0 unspecified atom stereocenters. The summed E-state index contributed by atoms with van der Waals surface area (Å²) >= 11 is 0. The number of nitrogens with zero attached hydrogens (tertiary/aromatic N) is 3. The highest BCUT2D eigenvalue weighted by Crippen LogP contribution is 2.34. The first kappa shape index (κ1) is 23.9. The molecule has 1 aromatic heterocycles. The lowest BCUT2D eigenvalue weighted by molar-refractivity contribution is -0.143. The molecule has 3 aromatic rings. The Hall–Kier alpha value is -3.29. The van der Waals surface area contributed by atoms with Gasteiger partial charge in [0.25, 0.3) is 5.91 Å². The Morgan fingerprint density at radius 2 is 1.74 bits per heavy atom. The molecule has 0 atom stereocenters. The number of sulfonamides is 1. The van der Waals surface area contributed by atoms with E-state index in [0.717, 1.165) is 28.7 Å². The number of anilines is 1. The highest BCUT2D eigenvalue weighted by atomic mass is 32.2. The number of morpholine rings is 1. The van der Waals surface area contributed by atoms with Crippen LogP contribution in [0, 0.1) is 5.82 Å². The first-order valence-electron chi connectivity index (χ1n) is 9.98. The number of nitrogens with one attached hydrogen (secondary N) is 1. The van der Waals surface area contributed by atoms with Crippen LogP contribution < -0.4 is 5.32 Å². The van der Waals surface area contributed by atoms with E-state index in [1.807, 2.05) is 0 Å². The summed E-state index contributed by atoms with van der Waals surface area (Å²) in [4.78, 5) is 12.0. The second-order valence-electron chi connectivity index (χ2n) is 7.27. The largest absolute Gasteiger partial charge is 0.434 e. The van der Waals surface area contributed by atoms with Gasteiger partial charge in [-0.1, -0.05) is 18.2 Å². The standard InChI is InChI=1S/C21H18F4N4O4S/c22-17-7-6-14(12-18(17)34(31,32)28-8-10-33-11-9-28)27-20(30)16-13-26-29(19(16)21(23,24)25)15-4-2-1-3-5-15/h1-7,12-13H,8-11H2,(H,27,30). The van der Waals surface area contributed by atoms with Crippen molar-refractivity contribution >= 4 is 21.6 Å². The third-order valence-electron chi connectivity index (χ3n) is 5.06. The molecule has 1 N–H and O–H groups in total. The lowest BCUT2D eigenvalue weighted by Crippen LogP contribution is -2.40. The van der Waals surface area contributed by atoms with Crippen LogP contribution >= 0.6 is 0 Å². The average molecular weight is 498 g/mol. The lowest BCUT2D eigenvalue weighted by Gasteiger charge is -2.26. The Morgan fingerprint density at radius 3 is 2.38 bits per heavy atom. The molecule has 8 nitrogen and oxygen atoms in total. The summed E-state index contributed by atoms with van der Waals surface area (Å²) in [5.41, 5.74) is -2.19. The van der Waals surface area contributed by atoms with E-state index in [2.05, 4.69) is 10.4 Å². The zero-order chi connectivity index (χ0) is 24.5. The first-order chi connectivity index (χ1) is 16.1. The van der Waals surface area contributed by atoms with Crippen molar-refractivity contribution in [2.45, 2.75) is 11.1 Å². The van der Waals surface area contributed by atoms with E-state index in [0.29, 0.717) is 4.68 Å². The van der Waals surface area contributed by atoms with E-state index in [4.69, 9.17) is 4.74 Å². The average Bonchev–Trinajstić information content (AvgIpc) is 3.28. The number of carbonyl (C=O) groups excluding carboxylic acids is 1. The fourth-order valence-corrected chi connectivity index (χ4v) is 4.95. The Morgan fingerprint density at radius 1 is 1.06 bits per heavy atom. The number of amides is 1. The number of halogens is 4. The molecule has 0 bridgehead atoms. The van der Waals surface area contributed by atoms with Crippen LogP contribution in [-0.4, -0.2) is 54.7 Å². The smallest absolute Gasteiger partial charge is 0.379 e. The fraction of sp³-hybridized carbons (Fsp3) is 0.238. The minimum Gasteiger partial charge on any atom is -0.379 e. The van der Waals surface area contributed by atoms with E-state index < -0.39 is 44.1 Å². The van der Waals surface area contributed by atoms with Crippen molar-refractivity contribution in [3.05, 3.63) is 71.8 Å². The number of benzene rings is 2. The monoisotopic (exact) mass is 498 g/mol. The summed E-state index contributed by atoms with van der Waals surface area (Å²) in [6, 6.07) is 10.2. The fourth-order valence-electron chi connectivity index (χ4n) is 3.46. The van der Waals surface area contributed by atoms with Crippen molar-refractivity contribution in [2.24, 2.45) is 0 Å². The van der Waals surface area contributed by atoms with Gasteiger partial charge in [0.2, 0.25) is 10.0 Å². The second-order valence-corrected chi connectivity index (χ2v) is 9.17. The zero-order valence-electron chi connectivity index (χ0n) is 17.4. The maximum absolute atomic E-state index is 14.4. The summed E-state index contributed by atoms with van der Waals surface area (Å²) < 4.78 is 88.2. The van der Waals surface area contributed by atoms with Gasteiger partial charge in [-0.15, -0.1) is 0 Å². The number of hydrogen-bond acceptors (Lipinski definition) is 5. The Balaban J connectivity index is 1.67. The van der Waals surface area contributed by atoms with Crippen LogP contribution in [0.3, 0.4) is 0 Å². The van der Waals surface area contributed by atoms with Gasteiger partial charge in [0.05, 0.1) is 30.7 Å². The van der Waals surface area contributed by atoms with Crippen molar-refractivity contribution in [3.63, 3.8) is 0 Å². The van der Waals surface area contributed by atoms with E-state index >= 15 is 0 Å². The molecule has 34 heavy (non-hydrogen) atoms. The minimum absolute atomic E-state index is 0.0198. The molecule has 0 spiro atoms. The topological polar surface area (TPSA) is 93.5 Å². The molecule has 1 fully saturated rings. The highest BCUT2D eigenvalue weighted by molar-refractivity contribution is 7.89. The molecule has 2 heterocycles. The van der Waals surface area contributed by atoms with Gasteiger partial charge in [-0.2, -0.15) is 22.6 Å². The molecule has 0 saturated carbocycles. The zero-order valence-corrected chi connectivity index (χ0v) is 18.2. The molecular weight excluding hydrogens is 480 g/mol. The van der Waals surface area contributed by atoms with Crippen molar-refractivity contribution in [3.8, 4) is 5.69 Å². The molecule has 0 radical (unpaired) electrons. The number of rotatable bonds is 5. The molecule has 2 aromatic carbocycles. The minimum atomic E-state index is -4.92. The molecule has 13 heteroatoms. The number of alkyl halides is 3. The third kappa shape index (κ3) is 4.67. The lowest BCUT2D eigenvalue weighted by atomic mass is 10.2. The summed E-state index contributed by atoms with van der Waals surface area (Å²) in [6.45, 7) is 0.323. The van der Waals surface area contributed by atoms with Gasteiger partial charge < -0.3 is 10.1 Å². The molecular formula is C21H18F4N4O4S. The number of hydrogen-bond donors (Lipinski definition) is 1. The van der Waals surface area contributed by atoms with Crippen LogP contribution in [0.25, 0.3) is 5.69 Å². The molecule has 0 aliphatic carbocycles. The molecule has 180 valence electrons. The van der Waals surface area contributed by atoms with Crippen LogP contribution in [0.2, 0.25) is 0 Å². The van der Waals surface area contributed by atoms with Crippen LogP contribution in [-0.2, 0) is 20.9 Å². The van der Waals surface area contributed by atoms with Gasteiger partial charge in [-0.05, 0) is 30.3 Å². The summed E-state index contributed by atoms with van der Waals surface area (Å²) in [5.74, 6) is -2.24. The normalized spacial score (nSPS) is 15.3. The van der Waals surface area contributed by atoms with E-state index in [1.54, 1.807) is 6.07 Å². The van der Waals surface area contributed by atoms with Crippen LogP contribution in [0.15, 0.2) is 59.6 Å². The van der Waals surface area contributed by atoms with Gasteiger partial charge in [0, 0.05) is 18.8 Å². The van der Waals surface area contributed by atoms with E-state index in [-0.39, 0.29) is 37.7 Å². The Labute approximate surface area is 191 Å². The number of ether oxygens (including phenoxy) is 1. The van der Waals surface area contributed by atoms with Gasteiger partial charge in [0.1, 0.15) is 10.7 Å². The maximum Gasteiger partial charge on any atom is 0.434 e. The molecule has 1 aliphatic heterocycles. The van der Waals surface area contributed by atoms with Crippen LogP contribution in [0.5, 0.6) is 0 Å². The molecule has 1 saturated heterocycles. The quantitative estimate of drug-likeness (QED) is 0.545. The summed E-state index contributed by atoms with van der Waals surface area (Å²) in [5, 5.41) is 5.92. The van der Waals surface area contributed by atoms with Crippen molar-refractivity contribution in [1.29, 1.82) is 0 Å². The third-order valence-corrected chi connectivity index (χ3v) is 6.97. The van der Waals surface area contributed by atoms with E-state index in [1.165, 1.54) is 24.3 Å². The van der Waals surface area contributed by atoms with Gasteiger partial charge in [0.15, 0.2) is 5.69 Å².